The molecule has 104 valence electrons. The fourth-order valence-electron chi connectivity index (χ4n) is 1.77. The molecule has 2 aromatic rings. The van der Waals surface area contributed by atoms with Gasteiger partial charge in [-0.2, -0.15) is 0 Å². The van der Waals surface area contributed by atoms with Gasteiger partial charge < -0.3 is 19.5 Å². The lowest BCUT2D eigenvalue weighted by Crippen LogP contribution is -2.29. The second-order valence-corrected chi connectivity index (χ2v) is 4.33. The van der Waals surface area contributed by atoms with Crippen molar-refractivity contribution in [1.29, 1.82) is 0 Å². The van der Waals surface area contributed by atoms with E-state index < -0.39 is 7.12 Å². The molecule has 0 amide bonds. The van der Waals surface area contributed by atoms with Crippen molar-refractivity contribution in [3.8, 4) is 5.75 Å². The lowest BCUT2D eigenvalue weighted by atomic mass is 9.80. The van der Waals surface area contributed by atoms with Crippen LogP contribution in [0.3, 0.4) is 0 Å². The van der Waals surface area contributed by atoms with Gasteiger partial charge in [-0.25, -0.2) is 0 Å². The van der Waals surface area contributed by atoms with Gasteiger partial charge in [0.1, 0.15) is 12.4 Å². The number of rotatable bonds is 7. The Labute approximate surface area is 118 Å². The predicted molar refractivity (Wildman–Crippen MR) is 77.9 cm³/mol. The molecule has 0 fully saturated rings. The van der Waals surface area contributed by atoms with E-state index in [0.717, 1.165) is 11.3 Å². The van der Waals surface area contributed by atoms with Crippen LogP contribution in [0.1, 0.15) is 5.56 Å². The van der Waals surface area contributed by atoms with E-state index in [0.29, 0.717) is 25.3 Å². The molecule has 0 aliphatic carbocycles. The van der Waals surface area contributed by atoms with Crippen molar-refractivity contribution in [2.45, 2.75) is 6.61 Å². The van der Waals surface area contributed by atoms with E-state index in [1.54, 1.807) is 18.2 Å². The van der Waals surface area contributed by atoms with Gasteiger partial charge in [0.15, 0.2) is 0 Å². The van der Waals surface area contributed by atoms with Crippen LogP contribution in [0.4, 0.5) is 0 Å². The van der Waals surface area contributed by atoms with Crippen LogP contribution in [0.25, 0.3) is 0 Å². The number of para-hydroxylation sites is 1. The molecule has 0 aromatic heterocycles. The van der Waals surface area contributed by atoms with Gasteiger partial charge >= 0.3 is 7.12 Å². The second-order valence-electron chi connectivity index (χ2n) is 4.33. The molecule has 0 aliphatic rings. The van der Waals surface area contributed by atoms with Crippen molar-refractivity contribution in [2.24, 2.45) is 0 Å². The highest BCUT2D eigenvalue weighted by Gasteiger charge is 2.10. The third-order valence-corrected chi connectivity index (χ3v) is 2.76. The summed E-state index contributed by atoms with van der Waals surface area (Å²) in [5.74, 6) is 0.821. The molecular weight excluding hydrogens is 255 g/mol. The molecule has 2 aromatic carbocycles. The van der Waals surface area contributed by atoms with E-state index in [-0.39, 0.29) is 0 Å². The third-order valence-electron chi connectivity index (χ3n) is 2.76. The maximum atomic E-state index is 9.08. The zero-order valence-electron chi connectivity index (χ0n) is 11.1. The molecular formula is C15H17BO4. The number of hydrogen-bond acceptors (Lipinski definition) is 4. The summed E-state index contributed by atoms with van der Waals surface area (Å²) in [6.45, 7) is 1.37. The SMILES string of the molecule is OB(O)c1cccc(COCCOc2ccccc2)c1. The Morgan fingerprint density at radius 3 is 2.45 bits per heavy atom. The Bertz CT molecular complexity index is 516. The van der Waals surface area contributed by atoms with Gasteiger partial charge in [0.05, 0.1) is 13.2 Å². The quantitative estimate of drug-likeness (QED) is 0.582. The van der Waals surface area contributed by atoms with E-state index in [1.807, 2.05) is 36.4 Å². The van der Waals surface area contributed by atoms with Gasteiger partial charge in [-0.15, -0.1) is 0 Å². The van der Waals surface area contributed by atoms with Crippen molar-refractivity contribution in [2.75, 3.05) is 13.2 Å². The van der Waals surface area contributed by atoms with Gasteiger partial charge in [-0.3, -0.25) is 0 Å². The Hall–Kier alpha value is -1.82. The third kappa shape index (κ3) is 4.70. The predicted octanol–water partition coefficient (Wildman–Crippen LogP) is 0.962. The largest absolute Gasteiger partial charge is 0.491 e. The van der Waals surface area contributed by atoms with Crippen LogP contribution in [-0.2, 0) is 11.3 Å². The van der Waals surface area contributed by atoms with E-state index in [1.165, 1.54) is 0 Å². The van der Waals surface area contributed by atoms with Crippen molar-refractivity contribution in [3.05, 3.63) is 60.2 Å². The first-order chi connectivity index (χ1) is 9.75. The van der Waals surface area contributed by atoms with Crippen molar-refractivity contribution < 1.29 is 19.5 Å². The molecule has 0 bridgehead atoms. The van der Waals surface area contributed by atoms with Gasteiger partial charge in [0, 0.05) is 0 Å². The fourth-order valence-corrected chi connectivity index (χ4v) is 1.77. The smallest absolute Gasteiger partial charge is 0.488 e. The summed E-state index contributed by atoms with van der Waals surface area (Å²) >= 11 is 0. The molecule has 5 heteroatoms. The van der Waals surface area contributed by atoms with Gasteiger partial charge in [-0.1, -0.05) is 42.5 Å². The highest BCUT2D eigenvalue weighted by molar-refractivity contribution is 6.58. The summed E-state index contributed by atoms with van der Waals surface area (Å²) < 4.78 is 11.0. The van der Waals surface area contributed by atoms with Gasteiger partial charge in [-0.05, 0) is 23.2 Å². The number of benzene rings is 2. The highest BCUT2D eigenvalue weighted by atomic mass is 16.5. The van der Waals surface area contributed by atoms with E-state index in [2.05, 4.69) is 0 Å². The van der Waals surface area contributed by atoms with Crippen molar-refractivity contribution >= 4 is 12.6 Å². The van der Waals surface area contributed by atoms with Crippen LogP contribution in [0.5, 0.6) is 5.75 Å². The maximum Gasteiger partial charge on any atom is 0.488 e. The molecule has 2 N–H and O–H groups in total. The van der Waals surface area contributed by atoms with Crippen LogP contribution in [0, 0.1) is 0 Å². The van der Waals surface area contributed by atoms with Crippen molar-refractivity contribution in [3.63, 3.8) is 0 Å². The first kappa shape index (κ1) is 14.6. The average Bonchev–Trinajstić information content (AvgIpc) is 2.48. The summed E-state index contributed by atoms with van der Waals surface area (Å²) in [4.78, 5) is 0. The Morgan fingerprint density at radius 1 is 0.900 bits per heavy atom. The van der Waals surface area contributed by atoms with Crippen LogP contribution >= 0.6 is 0 Å². The van der Waals surface area contributed by atoms with Gasteiger partial charge in [0.25, 0.3) is 0 Å². The maximum absolute atomic E-state index is 9.08. The zero-order valence-corrected chi connectivity index (χ0v) is 11.1. The van der Waals surface area contributed by atoms with Crippen LogP contribution in [-0.4, -0.2) is 30.4 Å². The molecule has 0 saturated carbocycles. The standard InChI is InChI=1S/C15H17BO4/c17-16(18)14-6-4-5-13(11-14)12-19-9-10-20-15-7-2-1-3-8-15/h1-8,11,17-18H,9-10,12H2. The van der Waals surface area contributed by atoms with E-state index in [9.17, 15) is 0 Å². The minimum Gasteiger partial charge on any atom is -0.491 e. The van der Waals surface area contributed by atoms with Gasteiger partial charge in [0.2, 0.25) is 0 Å². The Morgan fingerprint density at radius 2 is 1.70 bits per heavy atom. The molecule has 0 aliphatic heterocycles. The summed E-state index contributed by atoms with van der Waals surface area (Å²) in [7, 11) is -1.45. The average molecular weight is 272 g/mol. The lowest BCUT2D eigenvalue weighted by Gasteiger charge is -2.08. The number of hydrogen-bond donors (Lipinski definition) is 2. The summed E-state index contributed by atoms with van der Waals surface area (Å²) in [5, 5.41) is 18.2. The molecule has 0 radical (unpaired) electrons. The normalized spacial score (nSPS) is 10.3. The minimum atomic E-state index is -1.45. The topological polar surface area (TPSA) is 58.9 Å². The molecule has 0 unspecified atom stereocenters. The van der Waals surface area contributed by atoms with Crippen LogP contribution < -0.4 is 10.2 Å². The molecule has 0 atom stereocenters. The monoisotopic (exact) mass is 272 g/mol. The van der Waals surface area contributed by atoms with E-state index in [4.69, 9.17) is 19.5 Å². The second kappa shape index (κ2) is 7.70. The summed E-state index contributed by atoms with van der Waals surface area (Å²) in [6.07, 6.45) is 0. The molecule has 0 saturated heterocycles. The minimum absolute atomic E-state index is 0.415. The molecule has 20 heavy (non-hydrogen) atoms. The Kier molecular flexibility index (Phi) is 5.61. The van der Waals surface area contributed by atoms with E-state index >= 15 is 0 Å². The molecule has 0 heterocycles. The molecule has 4 nitrogen and oxygen atoms in total. The number of ether oxygens (including phenoxy) is 2. The van der Waals surface area contributed by atoms with Crippen LogP contribution in [0.2, 0.25) is 0 Å². The molecule has 0 spiro atoms. The first-order valence-corrected chi connectivity index (χ1v) is 6.46. The highest BCUT2D eigenvalue weighted by Crippen LogP contribution is 2.08. The summed E-state index contributed by atoms with van der Waals surface area (Å²) in [6, 6.07) is 16.6. The summed E-state index contributed by atoms with van der Waals surface area (Å²) in [5.41, 5.74) is 1.36. The Balaban J connectivity index is 1.69. The molecule has 2 rings (SSSR count). The van der Waals surface area contributed by atoms with Crippen LogP contribution in [0.15, 0.2) is 54.6 Å². The first-order valence-electron chi connectivity index (χ1n) is 6.46. The fraction of sp³-hybridized carbons (Fsp3) is 0.200. The lowest BCUT2D eigenvalue weighted by molar-refractivity contribution is 0.0889. The van der Waals surface area contributed by atoms with Crippen molar-refractivity contribution in [1.82, 2.24) is 0 Å². The zero-order chi connectivity index (χ0) is 14.2.